The SMILES string of the molecule is Clc1cc(Cl)c2c(c1)C1(c3c(-c4ccccc4)cccc3-2)C2CC3CC(C2)CC1C3. The number of benzene rings is 3. The summed E-state index contributed by atoms with van der Waals surface area (Å²) in [6.07, 6.45) is 6.90. The summed E-state index contributed by atoms with van der Waals surface area (Å²) in [5.41, 5.74) is 8.35. The van der Waals surface area contributed by atoms with Gasteiger partial charge in [0, 0.05) is 16.0 Å². The van der Waals surface area contributed by atoms with Gasteiger partial charge in [-0.1, -0.05) is 71.7 Å². The van der Waals surface area contributed by atoms with Crippen molar-refractivity contribution in [1.82, 2.24) is 0 Å². The molecule has 3 aromatic carbocycles. The molecule has 0 amide bonds. The van der Waals surface area contributed by atoms with E-state index in [2.05, 4.69) is 54.6 Å². The highest BCUT2D eigenvalue weighted by Crippen LogP contribution is 2.71. The van der Waals surface area contributed by atoms with Gasteiger partial charge in [0.15, 0.2) is 0 Å². The molecule has 4 saturated carbocycles. The van der Waals surface area contributed by atoms with Gasteiger partial charge in [0.25, 0.3) is 0 Å². The van der Waals surface area contributed by atoms with Crippen LogP contribution in [-0.4, -0.2) is 0 Å². The number of halogens is 2. The molecule has 0 atom stereocenters. The van der Waals surface area contributed by atoms with Gasteiger partial charge in [-0.3, -0.25) is 0 Å². The maximum atomic E-state index is 6.91. The van der Waals surface area contributed by atoms with E-state index >= 15 is 0 Å². The van der Waals surface area contributed by atoms with Crippen molar-refractivity contribution in [2.45, 2.75) is 37.5 Å². The smallest absolute Gasteiger partial charge is 0.0502 e. The van der Waals surface area contributed by atoms with Crippen molar-refractivity contribution in [1.29, 1.82) is 0 Å². The highest BCUT2D eigenvalue weighted by molar-refractivity contribution is 6.37. The van der Waals surface area contributed by atoms with E-state index in [4.69, 9.17) is 23.2 Å². The monoisotopic (exact) mass is 430 g/mol. The van der Waals surface area contributed by atoms with Crippen molar-refractivity contribution in [3.8, 4) is 22.3 Å². The lowest BCUT2D eigenvalue weighted by atomic mass is 9.42. The fourth-order valence-electron chi connectivity index (χ4n) is 8.15. The fourth-order valence-corrected chi connectivity index (χ4v) is 8.74. The first-order chi connectivity index (χ1) is 14.7. The number of hydrogen-bond donors (Lipinski definition) is 0. The molecule has 5 aliphatic carbocycles. The lowest BCUT2D eigenvalue weighted by molar-refractivity contribution is -0.0397. The maximum absolute atomic E-state index is 6.91. The van der Waals surface area contributed by atoms with Gasteiger partial charge in [0.2, 0.25) is 0 Å². The lowest BCUT2D eigenvalue weighted by Gasteiger charge is -2.61. The molecule has 8 rings (SSSR count). The summed E-state index contributed by atoms with van der Waals surface area (Å²) >= 11 is 13.6. The Morgan fingerprint density at radius 2 is 1.37 bits per heavy atom. The Hall–Kier alpha value is -1.76. The summed E-state index contributed by atoms with van der Waals surface area (Å²) in [7, 11) is 0. The van der Waals surface area contributed by atoms with Crippen LogP contribution in [0, 0.1) is 23.7 Å². The first-order valence-electron chi connectivity index (χ1n) is 11.3. The minimum Gasteiger partial charge on any atom is -0.0843 e. The van der Waals surface area contributed by atoms with E-state index in [1.54, 1.807) is 5.56 Å². The molecule has 1 spiro atoms. The third-order valence-electron chi connectivity index (χ3n) is 8.76. The molecule has 2 heteroatoms. The van der Waals surface area contributed by atoms with E-state index in [0.717, 1.165) is 21.9 Å². The third-order valence-corrected chi connectivity index (χ3v) is 9.28. The number of rotatable bonds is 1. The Kier molecular flexibility index (Phi) is 3.66. The van der Waals surface area contributed by atoms with Crippen molar-refractivity contribution >= 4 is 23.2 Å². The zero-order valence-corrected chi connectivity index (χ0v) is 18.4. The molecule has 3 aromatic rings. The minimum atomic E-state index is 0.0685. The normalized spacial score (nSPS) is 32.5. The molecular formula is C28H24Cl2. The predicted octanol–water partition coefficient (Wildman–Crippen LogP) is 8.38. The molecule has 0 aromatic heterocycles. The van der Waals surface area contributed by atoms with Gasteiger partial charge < -0.3 is 0 Å². The largest absolute Gasteiger partial charge is 0.0843 e. The molecule has 0 unspecified atom stereocenters. The average Bonchev–Trinajstić information content (AvgIpc) is 3.03. The minimum absolute atomic E-state index is 0.0685. The molecule has 0 aliphatic heterocycles. The van der Waals surface area contributed by atoms with Crippen LogP contribution in [0.15, 0.2) is 60.7 Å². The summed E-state index contributed by atoms with van der Waals surface area (Å²) < 4.78 is 0. The van der Waals surface area contributed by atoms with Gasteiger partial charge in [-0.2, -0.15) is 0 Å². The van der Waals surface area contributed by atoms with Crippen LogP contribution in [-0.2, 0) is 5.41 Å². The first kappa shape index (κ1) is 17.9. The summed E-state index contributed by atoms with van der Waals surface area (Å²) in [4.78, 5) is 0. The molecule has 0 heterocycles. The highest BCUT2D eigenvalue weighted by Gasteiger charge is 2.62. The van der Waals surface area contributed by atoms with E-state index in [1.807, 2.05) is 6.07 Å². The molecule has 5 aliphatic rings. The Labute approximate surface area is 188 Å². The summed E-state index contributed by atoms with van der Waals surface area (Å²) in [6.45, 7) is 0. The molecule has 0 N–H and O–H groups in total. The van der Waals surface area contributed by atoms with Gasteiger partial charge in [-0.25, -0.2) is 0 Å². The van der Waals surface area contributed by atoms with Crippen LogP contribution in [0.25, 0.3) is 22.3 Å². The topological polar surface area (TPSA) is 0 Å². The molecule has 0 radical (unpaired) electrons. The zero-order valence-electron chi connectivity index (χ0n) is 16.9. The maximum Gasteiger partial charge on any atom is 0.0502 e. The summed E-state index contributed by atoms with van der Waals surface area (Å²) in [5.74, 6) is 3.25. The first-order valence-corrected chi connectivity index (χ1v) is 12.1. The number of hydrogen-bond acceptors (Lipinski definition) is 0. The zero-order chi connectivity index (χ0) is 20.0. The molecular weight excluding hydrogens is 407 g/mol. The third kappa shape index (κ3) is 2.15. The van der Waals surface area contributed by atoms with Gasteiger partial charge in [0.1, 0.15) is 0 Å². The van der Waals surface area contributed by atoms with Crippen molar-refractivity contribution in [2.24, 2.45) is 23.7 Å². The standard InChI is InChI=1S/C28H24Cl2/c29-21-14-24-26(25(30)15-21)23-8-4-7-22(18-5-2-1-3-6-18)27(23)28(24)19-10-16-9-17(12-19)13-20(28)11-16/h1-8,14-17,19-20H,9-13H2. The van der Waals surface area contributed by atoms with E-state index in [0.29, 0.717) is 11.8 Å². The molecule has 150 valence electrons. The van der Waals surface area contributed by atoms with Crippen LogP contribution < -0.4 is 0 Å². The van der Waals surface area contributed by atoms with Crippen LogP contribution in [0.3, 0.4) is 0 Å². The summed E-state index contributed by atoms with van der Waals surface area (Å²) in [5, 5.41) is 1.59. The highest BCUT2D eigenvalue weighted by atomic mass is 35.5. The Morgan fingerprint density at radius 3 is 2.07 bits per heavy atom. The molecule has 0 saturated heterocycles. The van der Waals surface area contributed by atoms with Crippen LogP contribution in [0.4, 0.5) is 0 Å². The van der Waals surface area contributed by atoms with Crippen LogP contribution in [0.2, 0.25) is 10.0 Å². The van der Waals surface area contributed by atoms with Gasteiger partial charge in [-0.05, 0) is 95.7 Å². The van der Waals surface area contributed by atoms with Gasteiger partial charge >= 0.3 is 0 Å². The van der Waals surface area contributed by atoms with Crippen molar-refractivity contribution in [3.05, 3.63) is 81.8 Å². The van der Waals surface area contributed by atoms with E-state index in [9.17, 15) is 0 Å². The molecule has 4 fully saturated rings. The Balaban J connectivity index is 1.60. The second kappa shape index (κ2) is 6.15. The fraction of sp³-hybridized carbons (Fsp3) is 0.357. The molecule has 30 heavy (non-hydrogen) atoms. The van der Waals surface area contributed by atoms with E-state index < -0.39 is 0 Å². The number of fused-ring (bicyclic) bond motifs is 3. The average molecular weight is 431 g/mol. The lowest BCUT2D eigenvalue weighted by Crippen LogP contribution is -2.55. The van der Waals surface area contributed by atoms with E-state index in [-0.39, 0.29) is 5.41 Å². The second-order valence-corrected chi connectivity index (χ2v) is 10.9. The van der Waals surface area contributed by atoms with Crippen molar-refractivity contribution < 1.29 is 0 Å². The van der Waals surface area contributed by atoms with Crippen molar-refractivity contribution in [2.75, 3.05) is 0 Å². The predicted molar refractivity (Wildman–Crippen MR) is 125 cm³/mol. The van der Waals surface area contributed by atoms with Crippen LogP contribution >= 0.6 is 23.2 Å². The Bertz CT molecular complexity index is 1150. The van der Waals surface area contributed by atoms with Crippen LogP contribution in [0.5, 0.6) is 0 Å². The Morgan fingerprint density at radius 1 is 0.700 bits per heavy atom. The van der Waals surface area contributed by atoms with Crippen molar-refractivity contribution in [3.63, 3.8) is 0 Å². The van der Waals surface area contributed by atoms with Crippen LogP contribution in [0.1, 0.15) is 43.2 Å². The van der Waals surface area contributed by atoms with Gasteiger partial charge in [0.05, 0.1) is 5.02 Å². The summed E-state index contributed by atoms with van der Waals surface area (Å²) in [6, 6.07) is 22.0. The van der Waals surface area contributed by atoms with E-state index in [1.165, 1.54) is 59.9 Å². The van der Waals surface area contributed by atoms with Gasteiger partial charge in [-0.15, -0.1) is 0 Å². The molecule has 0 nitrogen and oxygen atoms in total. The second-order valence-electron chi connectivity index (χ2n) is 10.1. The molecule has 4 bridgehead atoms. The quantitative estimate of drug-likeness (QED) is 0.363.